The largest absolute Gasteiger partial charge is 0.478 e. The van der Waals surface area contributed by atoms with Gasteiger partial charge in [-0.25, -0.2) is 9.18 Å². The lowest BCUT2D eigenvalue weighted by atomic mass is 9.97. The minimum absolute atomic E-state index is 0.0280. The number of carboxylic acid groups (broad SMARTS) is 1. The molecule has 2 aromatic carbocycles. The maximum absolute atomic E-state index is 13.9. The third-order valence-electron chi connectivity index (χ3n) is 4.01. The molecular formula is C20H13FN2O3. The molecule has 128 valence electrons. The summed E-state index contributed by atoms with van der Waals surface area (Å²) in [7, 11) is 0. The summed E-state index contributed by atoms with van der Waals surface area (Å²) < 4.78 is 13.9. The molecule has 2 N–H and O–H groups in total. The summed E-state index contributed by atoms with van der Waals surface area (Å²) in [5.41, 5.74) is 2.25. The number of nitrogens with one attached hydrogen (secondary N) is 1. The first-order valence-electron chi connectivity index (χ1n) is 7.68. The van der Waals surface area contributed by atoms with Crippen LogP contribution in [0.25, 0.3) is 22.3 Å². The smallest absolute Gasteiger partial charge is 0.338 e. The average molecular weight is 348 g/mol. The van der Waals surface area contributed by atoms with Gasteiger partial charge in [0.05, 0.1) is 5.56 Å². The van der Waals surface area contributed by atoms with Gasteiger partial charge in [-0.05, 0) is 41.8 Å². The minimum Gasteiger partial charge on any atom is -0.478 e. The van der Waals surface area contributed by atoms with E-state index in [1.807, 2.05) is 6.07 Å². The molecule has 0 fully saturated rings. The van der Waals surface area contributed by atoms with Crippen molar-refractivity contribution in [2.75, 3.05) is 0 Å². The van der Waals surface area contributed by atoms with Gasteiger partial charge in [0.1, 0.15) is 17.4 Å². The van der Waals surface area contributed by atoms with Crippen LogP contribution in [-0.4, -0.2) is 16.1 Å². The van der Waals surface area contributed by atoms with E-state index in [0.717, 1.165) is 6.07 Å². The molecule has 0 aliphatic rings. The Bertz CT molecular complexity index is 1110. The number of aromatic amines is 1. The van der Waals surface area contributed by atoms with Crippen molar-refractivity contribution in [1.29, 1.82) is 5.26 Å². The molecule has 26 heavy (non-hydrogen) atoms. The number of hydrogen-bond donors (Lipinski definition) is 2. The molecule has 0 bridgehead atoms. The number of H-pyrrole nitrogens is 1. The normalized spacial score (nSPS) is 10.3. The lowest BCUT2D eigenvalue weighted by Gasteiger charge is -2.08. The maximum atomic E-state index is 13.9. The Kier molecular flexibility index (Phi) is 4.38. The number of carboxylic acids is 1. The first-order chi connectivity index (χ1) is 12.4. The van der Waals surface area contributed by atoms with E-state index in [2.05, 4.69) is 4.98 Å². The zero-order valence-corrected chi connectivity index (χ0v) is 13.7. The van der Waals surface area contributed by atoms with E-state index >= 15 is 0 Å². The average Bonchev–Trinajstić information content (AvgIpc) is 2.61. The Morgan fingerprint density at radius 1 is 1.08 bits per heavy atom. The Balaban J connectivity index is 2.03. The van der Waals surface area contributed by atoms with Crippen LogP contribution in [0.4, 0.5) is 4.39 Å². The number of aromatic carboxylic acids is 1. The van der Waals surface area contributed by atoms with Crippen LogP contribution >= 0.6 is 0 Å². The quantitative estimate of drug-likeness (QED) is 0.754. The number of aryl methyl sites for hydroxylation is 1. The molecule has 1 heterocycles. The molecule has 0 amide bonds. The van der Waals surface area contributed by atoms with E-state index in [0.29, 0.717) is 27.9 Å². The first-order valence-corrected chi connectivity index (χ1v) is 7.68. The van der Waals surface area contributed by atoms with Gasteiger partial charge >= 0.3 is 5.97 Å². The molecule has 1 aromatic heterocycles. The zero-order valence-electron chi connectivity index (χ0n) is 13.7. The summed E-state index contributed by atoms with van der Waals surface area (Å²) in [5.74, 6) is -2.13. The fourth-order valence-electron chi connectivity index (χ4n) is 2.74. The number of aromatic nitrogens is 1. The van der Waals surface area contributed by atoms with Crippen molar-refractivity contribution in [1.82, 2.24) is 4.98 Å². The third-order valence-corrected chi connectivity index (χ3v) is 4.01. The Hall–Kier alpha value is -3.72. The standard InChI is InChI=1S/C20H13FN2O3/c1-11-8-16(17(10-22)19(24)23-11)13-4-2-12(3-5-13)14-6-7-15(20(25)26)18(21)9-14/h2-9H,1H3,(H,23,24)(H,25,26). The van der Waals surface area contributed by atoms with Crippen LogP contribution in [0.2, 0.25) is 0 Å². The van der Waals surface area contributed by atoms with Crippen molar-refractivity contribution in [2.24, 2.45) is 0 Å². The van der Waals surface area contributed by atoms with Crippen molar-refractivity contribution in [3.05, 3.63) is 81.5 Å². The Morgan fingerprint density at radius 2 is 1.69 bits per heavy atom. The molecule has 0 atom stereocenters. The summed E-state index contributed by atoms with van der Waals surface area (Å²) in [6.07, 6.45) is 0. The molecule has 0 aliphatic heterocycles. The Morgan fingerprint density at radius 3 is 2.27 bits per heavy atom. The number of benzene rings is 2. The summed E-state index contributed by atoms with van der Waals surface area (Å²) in [6, 6.07) is 14.4. The van der Waals surface area contributed by atoms with Gasteiger partial charge in [-0.3, -0.25) is 4.79 Å². The lowest BCUT2D eigenvalue weighted by molar-refractivity contribution is 0.0692. The number of carbonyl (C=O) groups is 1. The van der Waals surface area contributed by atoms with Crippen LogP contribution in [0.15, 0.2) is 53.3 Å². The van der Waals surface area contributed by atoms with E-state index in [9.17, 15) is 19.2 Å². The predicted octanol–water partition coefficient (Wildman–Crippen LogP) is 3.73. The third kappa shape index (κ3) is 3.10. The zero-order chi connectivity index (χ0) is 18.8. The van der Waals surface area contributed by atoms with Gasteiger partial charge in [-0.1, -0.05) is 30.3 Å². The molecule has 0 unspecified atom stereocenters. The van der Waals surface area contributed by atoms with Crippen molar-refractivity contribution in [3.8, 4) is 28.3 Å². The fourth-order valence-corrected chi connectivity index (χ4v) is 2.74. The molecule has 6 heteroatoms. The monoisotopic (exact) mass is 348 g/mol. The molecular weight excluding hydrogens is 335 g/mol. The lowest BCUT2D eigenvalue weighted by Crippen LogP contribution is -2.12. The van der Waals surface area contributed by atoms with E-state index in [1.54, 1.807) is 37.3 Å². The summed E-state index contributed by atoms with van der Waals surface area (Å²) in [5, 5.41) is 18.1. The van der Waals surface area contributed by atoms with Gasteiger partial charge < -0.3 is 10.1 Å². The highest BCUT2D eigenvalue weighted by Crippen LogP contribution is 2.27. The van der Waals surface area contributed by atoms with E-state index in [4.69, 9.17) is 5.11 Å². The van der Waals surface area contributed by atoms with Crippen LogP contribution in [0, 0.1) is 24.1 Å². The van der Waals surface area contributed by atoms with Gasteiger partial charge in [0.25, 0.3) is 5.56 Å². The van der Waals surface area contributed by atoms with Gasteiger partial charge in [0, 0.05) is 11.3 Å². The molecule has 0 saturated heterocycles. The van der Waals surface area contributed by atoms with Gasteiger partial charge in [0.2, 0.25) is 0 Å². The molecule has 0 saturated carbocycles. The minimum atomic E-state index is -1.32. The van der Waals surface area contributed by atoms with Crippen LogP contribution in [0.5, 0.6) is 0 Å². The van der Waals surface area contributed by atoms with Gasteiger partial charge in [0.15, 0.2) is 0 Å². The SMILES string of the molecule is Cc1cc(-c2ccc(-c3ccc(C(=O)O)c(F)c3)cc2)c(C#N)c(=O)[nH]1. The van der Waals surface area contributed by atoms with Gasteiger partial charge in [-0.2, -0.15) is 5.26 Å². The number of nitriles is 1. The Labute approximate surface area is 148 Å². The van der Waals surface area contributed by atoms with E-state index in [-0.39, 0.29) is 11.1 Å². The number of halogens is 1. The number of pyridine rings is 1. The van der Waals surface area contributed by atoms with Crippen LogP contribution < -0.4 is 5.56 Å². The van der Waals surface area contributed by atoms with Crippen LogP contribution in [0.1, 0.15) is 21.6 Å². The van der Waals surface area contributed by atoms with E-state index < -0.39 is 17.3 Å². The predicted molar refractivity (Wildman–Crippen MR) is 94.3 cm³/mol. The highest BCUT2D eigenvalue weighted by atomic mass is 19.1. The topological polar surface area (TPSA) is 93.9 Å². The first kappa shape index (κ1) is 17.1. The molecule has 5 nitrogen and oxygen atoms in total. The number of rotatable bonds is 3. The van der Waals surface area contributed by atoms with Gasteiger partial charge in [-0.15, -0.1) is 0 Å². The molecule has 0 radical (unpaired) electrons. The highest BCUT2D eigenvalue weighted by Gasteiger charge is 2.13. The van der Waals surface area contributed by atoms with Crippen molar-refractivity contribution >= 4 is 5.97 Å². The van der Waals surface area contributed by atoms with E-state index in [1.165, 1.54) is 12.1 Å². The number of nitrogens with zero attached hydrogens (tertiary/aromatic N) is 1. The fraction of sp³-hybridized carbons (Fsp3) is 0.0500. The molecule has 3 rings (SSSR count). The summed E-state index contributed by atoms with van der Waals surface area (Å²) in [6.45, 7) is 1.73. The summed E-state index contributed by atoms with van der Waals surface area (Å²) in [4.78, 5) is 25.4. The molecule has 0 spiro atoms. The van der Waals surface area contributed by atoms with Crippen molar-refractivity contribution in [3.63, 3.8) is 0 Å². The van der Waals surface area contributed by atoms with Crippen LogP contribution in [0.3, 0.4) is 0 Å². The second-order valence-electron chi connectivity index (χ2n) is 5.76. The van der Waals surface area contributed by atoms with Crippen molar-refractivity contribution < 1.29 is 14.3 Å². The highest BCUT2D eigenvalue weighted by molar-refractivity contribution is 5.88. The van der Waals surface area contributed by atoms with Crippen molar-refractivity contribution in [2.45, 2.75) is 6.92 Å². The molecule has 3 aromatic rings. The van der Waals surface area contributed by atoms with Crippen LogP contribution in [-0.2, 0) is 0 Å². The maximum Gasteiger partial charge on any atom is 0.338 e. The summed E-state index contributed by atoms with van der Waals surface area (Å²) >= 11 is 0. The second-order valence-corrected chi connectivity index (χ2v) is 5.76. The second kappa shape index (κ2) is 6.65. The molecule has 0 aliphatic carbocycles. The number of hydrogen-bond acceptors (Lipinski definition) is 3.